The molecule has 0 aliphatic heterocycles. The van der Waals surface area contributed by atoms with Crippen molar-refractivity contribution in [3.8, 4) is 89.8 Å². The van der Waals surface area contributed by atoms with Gasteiger partial charge in [-0.15, -0.1) is 0 Å². The van der Waals surface area contributed by atoms with Crippen LogP contribution in [0.4, 0.5) is 0 Å². The summed E-state index contributed by atoms with van der Waals surface area (Å²) in [5.74, 6) is 1.88. The van der Waals surface area contributed by atoms with Gasteiger partial charge in [0, 0.05) is 16.7 Å². The van der Waals surface area contributed by atoms with Gasteiger partial charge in [-0.1, -0.05) is 194 Å². The van der Waals surface area contributed by atoms with Crippen LogP contribution in [0.3, 0.4) is 0 Å². The maximum absolute atomic E-state index is 5.15. The zero-order valence-corrected chi connectivity index (χ0v) is 29.5. The van der Waals surface area contributed by atoms with Gasteiger partial charge in [0.25, 0.3) is 0 Å². The van der Waals surface area contributed by atoms with E-state index in [1.54, 1.807) is 0 Å². The van der Waals surface area contributed by atoms with E-state index in [0.717, 1.165) is 50.1 Å². The molecule has 0 fully saturated rings. The summed E-state index contributed by atoms with van der Waals surface area (Å²) in [7, 11) is 0. The van der Waals surface area contributed by atoms with E-state index in [9.17, 15) is 0 Å². The molecule has 9 rings (SSSR count). The van der Waals surface area contributed by atoms with E-state index >= 15 is 0 Å². The van der Waals surface area contributed by atoms with Gasteiger partial charge in [0.05, 0.1) is 0 Å². The molecule has 8 aromatic carbocycles. The van der Waals surface area contributed by atoms with Gasteiger partial charge in [0.2, 0.25) is 0 Å². The molecule has 254 valence electrons. The highest BCUT2D eigenvalue weighted by molar-refractivity contribution is 5.88. The fourth-order valence-electron chi connectivity index (χ4n) is 6.96. The van der Waals surface area contributed by atoms with Crippen molar-refractivity contribution >= 4 is 0 Å². The van der Waals surface area contributed by atoms with Crippen molar-refractivity contribution in [1.29, 1.82) is 0 Å². The molecule has 0 aliphatic carbocycles. The van der Waals surface area contributed by atoms with Crippen LogP contribution in [-0.4, -0.2) is 15.0 Å². The van der Waals surface area contributed by atoms with Gasteiger partial charge in [0.15, 0.2) is 17.5 Å². The van der Waals surface area contributed by atoms with E-state index in [4.69, 9.17) is 15.0 Å². The topological polar surface area (TPSA) is 38.7 Å². The molecule has 0 saturated heterocycles. The van der Waals surface area contributed by atoms with Gasteiger partial charge < -0.3 is 0 Å². The zero-order chi connectivity index (χ0) is 36.1. The first kappa shape index (κ1) is 32.7. The molecule has 0 radical (unpaired) electrons. The molecule has 1 heterocycles. The summed E-state index contributed by atoms with van der Waals surface area (Å²) in [6.45, 7) is 0. The van der Waals surface area contributed by atoms with Crippen LogP contribution >= 0.6 is 0 Å². The normalized spacial score (nSPS) is 11.0. The molecular formula is C51H35N3. The van der Waals surface area contributed by atoms with Gasteiger partial charge in [-0.2, -0.15) is 0 Å². The van der Waals surface area contributed by atoms with E-state index in [-0.39, 0.29) is 0 Å². The van der Waals surface area contributed by atoms with Crippen LogP contribution in [0, 0.1) is 0 Å². The molecule has 0 spiro atoms. The lowest BCUT2D eigenvalue weighted by molar-refractivity contribution is 1.07. The molecular weight excluding hydrogens is 655 g/mol. The van der Waals surface area contributed by atoms with Crippen molar-refractivity contribution < 1.29 is 0 Å². The Bertz CT molecular complexity index is 2670. The Labute approximate surface area is 316 Å². The fraction of sp³-hybridized carbons (Fsp3) is 0. The Morgan fingerprint density at radius 2 is 0.519 bits per heavy atom. The number of rotatable bonds is 8. The van der Waals surface area contributed by atoms with Gasteiger partial charge in [-0.25, -0.2) is 15.0 Å². The van der Waals surface area contributed by atoms with Crippen LogP contribution in [0.15, 0.2) is 212 Å². The lowest BCUT2D eigenvalue weighted by Gasteiger charge is -2.14. The van der Waals surface area contributed by atoms with Gasteiger partial charge >= 0.3 is 0 Å². The van der Waals surface area contributed by atoms with Gasteiger partial charge in [-0.05, 0) is 73.8 Å². The molecule has 54 heavy (non-hydrogen) atoms. The van der Waals surface area contributed by atoms with Crippen molar-refractivity contribution in [2.45, 2.75) is 0 Å². The van der Waals surface area contributed by atoms with E-state index in [0.29, 0.717) is 17.5 Å². The summed E-state index contributed by atoms with van der Waals surface area (Å²) in [4.78, 5) is 15.4. The average molecular weight is 690 g/mol. The first-order valence-corrected chi connectivity index (χ1v) is 18.2. The predicted molar refractivity (Wildman–Crippen MR) is 223 cm³/mol. The third-order valence-electron chi connectivity index (χ3n) is 9.76. The molecule has 0 aliphatic rings. The number of hydrogen-bond donors (Lipinski definition) is 0. The van der Waals surface area contributed by atoms with Crippen LogP contribution in [0.25, 0.3) is 89.8 Å². The molecule has 0 atom stereocenters. The first-order chi connectivity index (χ1) is 26.7. The lowest BCUT2D eigenvalue weighted by atomic mass is 9.90. The quantitative estimate of drug-likeness (QED) is 0.159. The average Bonchev–Trinajstić information content (AvgIpc) is 3.27. The molecule has 1 aromatic heterocycles. The molecule has 9 aromatic rings. The molecule has 0 amide bonds. The molecule has 0 N–H and O–H groups in total. The summed E-state index contributed by atoms with van der Waals surface area (Å²) < 4.78 is 0. The first-order valence-electron chi connectivity index (χ1n) is 18.2. The summed E-state index contributed by atoms with van der Waals surface area (Å²) in [5.41, 5.74) is 14.3. The molecule has 0 unspecified atom stereocenters. The van der Waals surface area contributed by atoms with Crippen molar-refractivity contribution in [1.82, 2.24) is 15.0 Å². The second-order valence-electron chi connectivity index (χ2n) is 13.3. The second kappa shape index (κ2) is 14.8. The Hall–Kier alpha value is -7.23. The van der Waals surface area contributed by atoms with Crippen LogP contribution in [0.1, 0.15) is 0 Å². The molecule has 3 heteroatoms. The lowest BCUT2D eigenvalue weighted by Crippen LogP contribution is -2.00. The fourth-order valence-corrected chi connectivity index (χ4v) is 6.96. The Balaban J connectivity index is 1.17. The van der Waals surface area contributed by atoms with Crippen LogP contribution in [0.5, 0.6) is 0 Å². The maximum Gasteiger partial charge on any atom is 0.164 e. The SMILES string of the molecule is c1ccc(-c2ccc(-c3nc(-c4cccc(-c5ccccc5)c4)nc(-c4cccc(-c5ccc(-c6ccccc6)cc5-c5ccccc5)c4)n3)cc2)cc1. The number of hydrogen-bond acceptors (Lipinski definition) is 3. The maximum atomic E-state index is 5.15. The van der Waals surface area contributed by atoms with E-state index in [1.807, 2.05) is 12.1 Å². The van der Waals surface area contributed by atoms with E-state index in [2.05, 4.69) is 200 Å². The van der Waals surface area contributed by atoms with Crippen molar-refractivity contribution in [2.24, 2.45) is 0 Å². The van der Waals surface area contributed by atoms with E-state index < -0.39 is 0 Å². The Morgan fingerprint density at radius 3 is 1.06 bits per heavy atom. The second-order valence-corrected chi connectivity index (χ2v) is 13.3. The highest BCUT2D eigenvalue weighted by atomic mass is 15.0. The largest absolute Gasteiger partial charge is 0.208 e. The minimum absolute atomic E-state index is 0.622. The van der Waals surface area contributed by atoms with Crippen LogP contribution in [-0.2, 0) is 0 Å². The highest BCUT2D eigenvalue weighted by Crippen LogP contribution is 2.37. The molecule has 0 saturated carbocycles. The molecule has 3 nitrogen and oxygen atoms in total. The summed E-state index contributed by atoms with van der Waals surface area (Å²) >= 11 is 0. The van der Waals surface area contributed by atoms with E-state index in [1.165, 1.54) is 22.3 Å². The highest BCUT2D eigenvalue weighted by Gasteiger charge is 2.16. The number of aromatic nitrogens is 3. The smallest absolute Gasteiger partial charge is 0.164 e. The zero-order valence-electron chi connectivity index (χ0n) is 29.5. The van der Waals surface area contributed by atoms with Crippen molar-refractivity contribution in [3.05, 3.63) is 212 Å². The minimum atomic E-state index is 0.622. The summed E-state index contributed by atoms with van der Waals surface area (Å²) in [5, 5.41) is 0. The number of nitrogens with zero attached hydrogens (tertiary/aromatic N) is 3. The minimum Gasteiger partial charge on any atom is -0.208 e. The number of benzene rings is 8. The third kappa shape index (κ3) is 6.87. The van der Waals surface area contributed by atoms with Crippen LogP contribution in [0.2, 0.25) is 0 Å². The van der Waals surface area contributed by atoms with Crippen molar-refractivity contribution in [3.63, 3.8) is 0 Å². The van der Waals surface area contributed by atoms with Gasteiger partial charge in [0.1, 0.15) is 0 Å². The predicted octanol–water partition coefficient (Wildman–Crippen LogP) is 13.2. The Morgan fingerprint density at radius 1 is 0.185 bits per heavy atom. The third-order valence-corrected chi connectivity index (χ3v) is 9.76. The van der Waals surface area contributed by atoms with Crippen LogP contribution < -0.4 is 0 Å². The van der Waals surface area contributed by atoms with Gasteiger partial charge in [-0.3, -0.25) is 0 Å². The monoisotopic (exact) mass is 689 g/mol. The standard InChI is InChI=1S/C51H35N3/c1-5-15-36(16-6-1)39-27-29-41(30-28-39)49-52-50(45-25-13-23-42(33-45)37-17-7-2-8-18-37)54-51(53-49)46-26-14-24-44(34-46)47-32-31-43(38-19-9-3-10-20-38)35-48(47)40-21-11-4-12-22-40/h1-35H. The molecule has 0 bridgehead atoms. The summed E-state index contributed by atoms with van der Waals surface area (Å²) in [6, 6.07) is 74.1. The van der Waals surface area contributed by atoms with Crippen molar-refractivity contribution in [2.75, 3.05) is 0 Å². The summed E-state index contributed by atoms with van der Waals surface area (Å²) in [6.07, 6.45) is 0. The Kier molecular flexibility index (Phi) is 8.94.